The summed E-state index contributed by atoms with van der Waals surface area (Å²) < 4.78 is 33.2. The van der Waals surface area contributed by atoms with Crippen molar-refractivity contribution in [2.75, 3.05) is 25.0 Å². The highest BCUT2D eigenvalue weighted by molar-refractivity contribution is 7.89. The van der Waals surface area contributed by atoms with Gasteiger partial charge in [0.15, 0.2) is 0 Å². The Morgan fingerprint density at radius 2 is 1.84 bits per heavy atom. The monoisotopic (exact) mass is 440 g/mol. The second kappa shape index (κ2) is 8.99. The third-order valence-corrected chi connectivity index (χ3v) is 7.03. The van der Waals surface area contributed by atoms with Crippen LogP contribution in [0.15, 0.2) is 53.6 Å². The number of rotatable bonds is 6. The minimum atomic E-state index is -3.65. The lowest BCUT2D eigenvalue weighted by Gasteiger charge is -2.26. The number of benzene rings is 2. The first-order chi connectivity index (χ1) is 15.0. The molecule has 1 aliphatic heterocycles. The molecule has 0 saturated carbocycles. The number of piperidine rings is 1. The Balaban J connectivity index is 1.65. The molecule has 3 aromatic rings. The predicted molar refractivity (Wildman–Crippen MR) is 118 cm³/mol. The minimum Gasteiger partial charge on any atom is -0.492 e. The van der Waals surface area contributed by atoms with Crippen LogP contribution in [0.3, 0.4) is 0 Å². The summed E-state index contributed by atoms with van der Waals surface area (Å²) in [5, 5.41) is 2.74. The Morgan fingerprint density at radius 3 is 2.58 bits per heavy atom. The van der Waals surface area contributed by atoms with E-state index in [9.17, 15) is 13.2 Å². The minimum absolute atomic E-state index is 0.123. The molecule has 0 spiro atoms. The molecule has 1 saturated heterocycles. The first-order valence-electron chi connectivity index (χ1n) is 10.3. The lowest BCUT2D eigenvalue weighted by molar-refractivity contribution is 0.102. The molecule has 0 radical (unpaired) electrons. The molecule has 1 aliphatic rings. The second-order valence-electron chi connectivity index (χ2n) is 7.25. The van der Waals surface area contributed by atoms with Crippen LogP contribution in [0.25, 0.3) is 11.0 Å². The first kappa shape index (κ1) is 21.2. The van der Waals surface area contributed by atoms with Crippen LogP contribution in [0.2, 0.25) is 0 Å². The Labute approximate surface area is 181 Å². The average molecular weight is 441 g/mol. The van der Waals surface area contributed by atoms with E-state index in [2.05, 4.69) is 15.3 Å². The molecule has 0 bridgehead atoms. The lowest BCUT2D eigenvalue weighted by atomic mass is 10.2. The number of nitrogens with one attached hydrogen (secondary N) is 1. The average Bonchev–Trinajstić information content (AvgIpc) is 2.80. The van der Waals surface area contributed by atoms with Gasteiger partial charge < -0.3 is 10.1 Å². The summed E-state index contributed by atoms with van der Waals surface area (Å²) >= 11 is 0. The molecular formula is C22H24N4O4S. The molecule has 8 nitrogen and oxygen atoms in total. The smallest absolute Gasteiger partial charge is 0.275 e. The molecule has 1 fully saturated rings. The topological polar surface area (TPSA) is 101 Å². The molecule has 162 valence electrons. The molecule has 2 heterocycles. The number of nitrogens with zero attached hydrogens (tertiary/aromatic N) is 3. The largest absolute Gasteiger partial charge is 0.492 e. The fourth-order valence-corrected chi connectivity index (χ4v) is 5.10. The fourth-order valence-electron chi connectivity index (χ4n) is 3.56. The maximum absolute atomic E-state index is 13.1. The number of aromatic nitrogens is 2. The van der Waals surface area contributed by atoms with Crippen LogP contribution in [-0.4, -0.2) is 48.3 Å². The zero-order valence-corrected chi connectivity index (χ0v) is 18.1. The SMILES string of the molecule is CCOc1ccc(S(=O)(=O)N2CCCCC2)cc1NC(=O)c1cnc2ccccc2n1. The molecular weight excluding hydrogens is 416 g/mol. The van der Waals surface area contributed by atoms with Crippen molar-refractivity contribution in [3.8, 4) is 5.75 Å². The number of carbonyl (C=O) groups is 1. The summed E-state index contributed by atoms with van der Waals surface area (Å²) in [5.74, 6) is -0.103. The number of anilines is 1. The maximum atomic E-state index is 13.1. The van der Waals surface area contributed by atoms with Crippen molar-refractivity contribution >= 4 is 32.7 Å². The summed E-state index contributed by atoms with van der Waals surface area (Å²) in [7, 11) is -3.65. The Morgan fingerprint density at radius 1 is 1.10 bits per heavy atom. The summed E-state index contributed by atoms with van der Waals surface area (Å²) in [4.78, 5) is 21.6. The van der Waals surface area contributed by atoms with Crippen LogP contribution in [0.4, 0.5) is 5.69 Å². The van der Waals surface area contributed by atoms with E-state index in [1.54, 1.807) is 12.1 Å². The summed E-state index contributed by atoms with van der Waals surface area (Å²) in [6.07, 6.45) is 4.12. The molecule has 0 unspecified atom stereocenters. The number of fused-ring (bicyclic) bond motifs is 1. The van der Waals surface area contributed by atoms with Crippen molar-refractivity contribution in [2.45, 2.75) is 31.1 Å². The predicted octanol–water partition coefficient (Wildman–Crippen LogP) is 3.46. The standard InChI is InChI=1S/C22H24N4O4S/c1-2-30-21-11-10-16(31(28,29)26-12-6-3-7-13-26)14-19(21)25-22(27)20-15-23-17-8-4-5-9-18(17)24-20/h4-5,8-11,14-15H,2-3,6-7,12-13H2,1H3,(H,25,27). The molecule has 0 atom stereocenters. The van der Waals surface area contributed by atoms with E-state index < -0.39 is 15.9 Å². The van der Waals surface area contributed by atoms with Crippen molar-refractivity contribution < 1.29 is 17.9 Å². The highest BCUT2D eigenvalue weighted by atomic mass is 32.2. The normalized spacial score (nSPS) is 15.0. The molecule has 1 amide bonds. The number of hydrogen-bond acceptors (Lipinski definition) is 6. The van der Waals surface area contributed by atoms with Gasteiger partial charge in [0.05, 0.1) is 34.4 Å². The van der Waals surface area contributed by atoms with Crippen LogP contribution in [-0.2, 0) is 10.0 Å². The maximum Gasteiger partial charge on any atom is 0.275 e. The Bertz CT molecular complexity index is 1210. The van der Waals surface area contributed by atoms with Gasteiger partial charge in [0.2, 0.25) is 10.0 Å². The van der Waals surface area contributed by atoms with Crippen LogP contribution < -0.4 is 10.1 Å². The van der Waals surface area contributed by atoms with Gasteiger partial charge in [-0.15, -0.1) is 0 Å². The molecule has 1 aromatic heterocycles. The highest BCUT2D eigenvalue weighted by Crippen LogP contribution is 2.30. The van der Waals surface area contributed by atoms with E-state index in [1.165, 1.54) is 22.6 Å². The number of para-hydroxylation sites is 2. The summed E-state index contributed by atoms with van der Waals surface area (Å²) in [6.45, 7) is 3.20. The first-order valence-corrected chi connectivity index (χ1v) is 11.7. The van der Waals surface area contributed by atoms with Crippen LogP contribution >= 0.6 is 0 Å². The van der Waals surface area contributed by atoms with Crippen molar-refractivity contribution in [2.24, 2.45) is 0 Å². The van der Waals surface area contributed by atoms with Gasteiger partial charge in [0, 0.05) is 13.1 Å². The highest BCUT2D eigenvalue weighted by Gasteiger charge is 2.27. The number of sulfonamides is 1. The molecule has 0 aliphatic carbocycles. The lowest BCUT2D eigenvalue weighted by Crippen LogP contribution is -2.35. The third kappa shape index (κ3) is 4.52. The van der Waals surface area contributed by atoms with Gasteiger partial charge >= 0.3 is 0 Å². The Kier molecular flexibility index (Phi) is 6.15. The quantitative estimate of drug-likeness (QED) is 0.630. The molecule has 1 N–H and O–H groups in total. The Hall–Kier alpha value is -3.04. The molecule has 2 aromatic carbocycles. The zero-order valence-electron chi connectivity index (χ0n) is 17.2. The zero-order chi connectivity index (χ0) is 21.8. The van der Waals surface area contributed by atoms with Crippen molar-refractivity contribution in [1.82, 2.24) is 14.3 Å². The third-order valence-electron chi connectivity index (χ3n) is 5.13. The molecule has 4 rings (SSSR count). The van der Waals surface area contributed by atoms with Crippen LogP contribution in [0.5, 0.6) is 5.75 Å². The second-order valence-corrected chi connectivity index (χ2v) is 9.19. The van der Waals surface area contributed by atoms with Crippen LogP contribution in [0.1, 0.15) is 36.7 Å². The van der Waals surface area contributed by atoms with Gasteiger partial charge in [-0.2, -0.15) is 4.31 Å². The van der Waals surface area contributed by atoms with Crippen molar-refractivity contribution in [3.05, 3.63) is 54.4 Å². The van der Waals surface area contributed by atoms with Crippen molar-refractivity contribution in [1.29, 1.82) is 0 Å². The molecule has 9 heteroatoms. The number of amides is 1. The number of ether oxygens (including phenoxy) is 1. The summed E-state index contributed by atoms with van der Waals surface area (Å²) in [6, 6.07) is 11.8. The summed E-state index contributed by atoms with van der Waals surface area (Å²) in [5.41, 5.74) is 1.69. The van der Waals surface area contributed by atoms with E-state index >= 15 is 0 Å². The van der Waals surface area contributed by atoms with Gasteiger partial charge in [-0.25, -0.2) is 13.4 Å². The molecule has 31 heavy (non-hydrogen) atoms. The van der Waals surface area contributed by atoms with E-state index in [-0.39, 0.29) is 16.3 Å². The fraction of sp³-hybridized carbons (Fsp3) is 0.318. The van der Waals surface area contributed by atoms with Gasteiger partial charge in [-0.05, 0) is 50.1 Å². The van der Waals surface area contributed by atoms with Gasteiger partial charge in [-0.3, -0.25) is 9.78 Å². The van der Waals surface area contributed by atoms with E-state index in [0.717, 1.165) is 19.3 Å². The van der Waals surface area contributed by atoms with E-state index in [4.69, 9.17) is 4.74 Å². The van der Waals surface area contributed by atoms with E-state index in [1.807, 2.05) is 25.1 Å². The van der Waals surface area contributed by atoms with Gasteiger partial charge in [0.1, 0.15) is 11.4 Å². The van der Waals surface area contributed by atoms with E-state index in [0.29, 0.717) is 36.5 Å². The van der Waals surface area contributed by atoms with Gasteiger partial charge in [-0.1, -0.05) is 18.6 Å². The number of hydrogen-bond donors (Lipinski definition) is 1. The van der Waals surface area contributed by atoms with Crippen molar-refractivity contribution in [3.63, 3.8) is 0 Å². The van der Waals surface area contributed by atoms with Gasteiger partial charge in [0.25, 0.3) is 5.91 Å². The number of carbonyl (C=O) groups excluding carboxylic acids is 1. The van der Waals surface area contributed by atoms with Crippen LogP contribution in [0, 0.1) is 0 Å².